The summed E-state index contributed by atoms with van der Waals surface area (Å²) in [5.74, 6) is 0.0675. The van der Waals surface area contributed by atoms with E-state index < -0.39 is 0 Å². The second-order valence-corrected chi connectivity index (χ2v) is 9.36. The first-order chi connectivity index (χ1) is 14.6. The molecule has 0 saturated carbocycles. The minimum atomic E-state index is -0.110. The summed E-state index contributed by atoms with van der Waals surface area (Å²) in [4.78, 5) is 32.6. The largest absolute Gasteiger partial charge is 0.352 e. The second kappa shape index (κ2) is 9.36. The van der Waals surface area contributed by atoms with Crippen molar-refractivity contribution in [1.29, 1.82) is 0 Å². The molecule has 154 valence electrons. The second-order valence-electron chi connectivity index (χ2n) is 7.13. The van der Waals surface area contributed by atoms with Crippen molar-refractivity contribution < 1.29 is 9.59 Å². The van der Waals surface area contributed by atoms with Crippen molar-refractivity contribution in [2.75, 3.05) is 18.0 Å². The van der Waals surface area contributed by atoms with E-state index in [0.29, 0.717) is 13.0 Å². The van der Waals surface area contributed by atoms with Crippen molar-refractivity contribution in [2.45, 2.75) is 26.2 Å². The number of benzene rings is 1. The summed E-state index contributed by atoms with van der Waals surface area (Å²) in [5, 5.41) is 6.08. The number of rotatable bonds is 7. The number of aromatic nitrogens is 1. The lowest BCUT2D eigenvalue weighted by Gasteiger charge is -2.15. The van der Waals surface area contributed by atoms with E-state index in [4.69, 9.17) is 0 Å². The molecule has 7 heteroatoms. The lowest BCUT2D eigenvalue weighted by atomic mass is 10.2. The highest BCUT2D eigenvalue weighted by atomic mass is 32.1. The van der Waals surface area contributed by atoms with E-state index in [-0.39, 0.29) is 11.8 Å². The minimum absolute atomic E-state index is 0.110. The van der Waals surface area contributed by atoms with Crippen LogP contribution in [0, 0.1) is 6.92 Å². The standard InChI is InChI=1S/C23H23N3O2S2/c1-16-25-20(15-29-16)21-10-9-19(30-21)12-13-24-22(27)11-6-17-4-7-18(8-5-17)26-14-2-3-23(26)28/h4-11,15H,2-3,12-14H2,1H3,(H,24,27)/b11-6+. The van der Waals surface area contributed by atoms with Crippen LogP contribution in [0.4, 0.5) is 5.69 Å². The number of thiophene rings is 1. The number of amides is 2. The number of carbonyl (C=O) groups is 2. The maximum absolute atomic E-state index is 12.1. The number of carbonyl (C=O) groups excluding carboxylic acids is 2. The van der Waals surface area contributed by atoms with Crippen LogP contribution in [0.3, 0.4) is 0 Å². The zero-order valence-electron chi connectivity index (χ0n) is 16.8. The van der Waals surface area contributed by atoms with E-state index >= 15 is 0 Å². The molecule has 1 N–H and O–H groups in total. The van der Waals surface area contributed by atoms with Gasteiger partial charge in [-0.05, 0) is 55.7 Å². The number of nitrogens with one attached hydrogen (secondary N) is 1. The third-order valence-corrected chi connectivity index (χ3v) is 6.85. The summed E-state index contributed by atoms with van der Waals surface area (Å²) in [6.07, 6.45) is 5.68. The van der Waals surface area contributed by atoms with Crippen LogP contribution in [0.15, 0.2) is 47.9 Å². The number of hydrogen-bond acceptors (Lipinski definition) is 5. The molecule has 1 saturated heterocycles. The first-order valence-corrected chi connectivity index (χ1v) is 11.7. The van der Waals surface area contributed by atoms with Gasteiger partial charge in [-0.15, -0.1) is 22.7 Å². The molecule has 3 aromatic rings. The van der Waals surface area contributed by atoms with Gasteiger partial charge in [0.05, 0.1) is 15.6 Å². The predicted molar refractivity (Wildman–Crippen MR) is 124 cm³/mol. The van der Waals surface area contributed by atoms with Gasteiger partial charge in [0.2, 0.25) is 11.8 Å². The molecule has 0 bridgehead atoms. The highest BCUT2D eigenvalue weighted by molar-refractivity contribution is 7.16. The molecule has 30 heavy (non-hydrogen) atoms. The fourth-order valence-electron chi connectivity index (χ4n) is 3.35. The summed E-state index contributed by atoms with van der Waals surface area (Å²) in [5.41, 5.74) is 2.88. The van der Waals surface area contributed by atoms with Gasteiger partial charge < -0.3 is 10.2 Å². The van der Waals surface area contributed by atoms with Crippen LogP contribution in [0.2, 0.25) is 0 Å². The van der Waals surface area contributed by atoms with Crippen molar-refractivity contribution >= 4 is 46.3 Å². The summed E-state index contributed by atoms with van der Waals surface area (Å²) in [7, 11) is 0. The van der Waals surface area contributed by atoms with E-state index in [0.717, 1.165) is 41.3 Å². The van der Waals surface area contributed by atoms with Gasteiger partial charge in [-0.2, -0.15) is 0 Å². The van der Waals surface area contributed by atoms with Gasteiger partial charge in [-0.1, -0.05) is 12.1 Å². The fraction of sp³-hybridized carbons (Fsp3) is 0.261. The van der Waals surface area contributed by atoms with Crippen molar-refractivity contribution in [3.63, 3.8) is 0 Å². The molecule has 0 radical (unpaired) electrons. The topological polar surface area (TPSA) is 62.3 Å². The van der Waals surface area contributed by atoms with Gasteiger partial charge >= 0.3 is 0 Å². The smallest absolute Gasteiger partial charge is 0.244 e. The summed E-state index contributed by atoms with van der Waals surface area (Å²) >= 11 is 3.37. The Labute approximate surface area is 184 Å². The van der Waals surface area contributed by atoms with Gasteiger partial charge in [0.1, 0.15) is 0 Å². The Hall–Kier alpha value is -2.77. The van der Waals surface area contributed by atoms with Crippen molar-refractivity contribution in [3.8, 4) is 10.6 Å². The van der Waals surface area contributed by atoms with Crippen LogP contribution in [0.5, 0.6) is 0 Å². The van der Waals surface area contributed by atoms with Crippen LogP contribution in [-0.2, 0) is 16.0 Å². The monoisotopic (exact) mass is 437 g/mol. The number of anilines is 1. The van der Waals surface area contributed by atoms with Crippen LogP contribution in [0.1, 0.15) is 28.3 Å². The highest BCUT2D eigenvalue weighted by Crippen LogP contribution is 2.29. The molecule has 5 nitrogen and oxygen atoms in total. The molecule has 1 aromatic carbocycles. The van der Waals surface area contributed by atoms with Crippen LogP contribution in [0.25, 0.3) is 16.6 Å². The van der Waals surface area contributed by atoms with E-state index in [9.17, 15) is 9.59 Å². The molecule has 0 unspecified atom stereocenters. The van der Waals surface area contributed by atoms with Crippen molar-refractivity contribution in [1.82, 2.24) is 10.3 Å². The maximum atomic E-state index is 12.1. The molecule has 3 heterocycles. The predicted octanol–water partition coefficient (Wildman–Crippen LogP) is 4.68. The van der Waals surface area contributed by atoms with Gasteiger partial charge in [-0.25, -0.2) is 4.98 Å². The molecule has 0 aliphatic carbocycles. The quantitative estimate of drug-likeness (QED) is 0.546. The normalized spacial score (nSPS) is 14.0. The number of nitrogens with zero attached hydrogens (tertiary/aromatic N) is 2. The lowest BCUT2D eigenvalue weighted by molar-refractivity contribution is -0.117. The first-order valence-electron chi connectivity index (χ1n) is 9.96. The van der Waals surface area contributed by atoms with Gasteiger partial charge in [0, 0.05) is 41.5 Å². The Morgan fingerprint density at radius 3 is 2.77 bits per heavy atom. The molecular formula is C23H23N3O2S2. The zero-order chi connectivity index (χ0) is 20.9. The fourth-order valence-corrected chi connectivity index (χ4v) is 5.01. The summed E-state index contributed by atoms with van der Waals surface area (Å²) in [6, 6.07) is 11.9. The lowest BCUT2D eigenvalue weighted by Crippen LogP contribution is -2.23. The third kappa shape index (κ3) is 5.04. The van der Waals surface area contributed by atoms with Crippen LogP contribution >= 0.6 is 22.7 Å². The summed E-state index contributed by atoms with van der Waals surface area (Å²) in [6.45, 7) is 3.38. The summed E-state index contributed by atoms with van der Waals surface area (Å²) < 4.78 is 0. The number of hydrogen-bond donors (Lipinski definition) is 1. The van der Waals surface area contributed by atoms with E-state index in [1.807, 2.05) is 36.1 Å². The Bertz CT molecular complexity index is 1070. The van der Waals surface area contributed by atoms with Gasteiger partial charge in [0.25, 0.3) is 0 Å². The number of thiazole rings is 1. The molecular weight excluding hydrogens is 414 g/mol. The SMILES string of the molecule is Cc1nc(-c2ccc(CCNC(=O)/C=C/c3ccc(N4CCCC4=O)cc3)s2)cs1. The average Bonchev–Trinajstić information content (AvgIpc) is 3.48. The first kappa shape index (κ1) is 20.5. The average molecular weight is 438 g/mol. The molecule has 0 atom stereocenters. The Balaban J connectivity index is 1.24. The molecule has 2 amide bonds. The molecule has 4 rings (SSSR count). The Kier molecular flexibility index (Phi) is 6.40. The van der Waals surface area contributed by atoms with Crippen molar-refractivity contribution in [3.05, 3.63) is 63.3 Å². The molecule has 1 aliphatic rings. The van der Waals surface area contributed by atoms with Crippen LogP contribution in [-0.4, -0.2) is 29.9 Å². The number of aryl methyl sites for hydroxylation is 1. The van der Waals surface area contributed by atoms with E-state index in [1.54, 1.807) is 34.8 Å². The third-order valence-electron chi connectivity index (χ3n) is 4.91. The maximum Gasteiger partial charge on any atom is 0.244 e. The molecule has 1 fully saturated rings. The Morgan fingerprint density at radius 2 is 2.07 bits per heavy atom. The van der Waals surface area contributed by atoms with Gasteiger partial charge in [-0.3, -0.25) is 9.59 Å². The minimum Gasteiger partial charge on any atom is -0.352 e. The van der Waals surface area contributed by atoms with Gasteiger partial charge in [0.15, 0.2) is 0 Å². The zero-order valence-corrected chi connectivity index (χ0v) is 18.4. The van der Waals surface area contributed by atoms with Crippen molar-refractivity contribution in [2.24, 2.45) is 0 Å². The Morgan fingerprint density at radius 1 is 1.23 bits per heavy atom. The highest BCUT2D eigenvalue weighted by Gasteiger charge is 2.21. The van der Waals surface area contributed by atoms with E-state index in [1.165, 1.54) is 9.75 Å². The van der Waals surface area contributed by atoms with Crippen LogP contribution < -0.4 is 10.2 Å². The molecule has 0 spiro atoms. The molecule has 2 aromatic heterocycles. The molecule has 1 aliphatic heterocycles. The van der Waals surface area contributed by atoms with E-state index in [2.05, 4.69) is 27.8 Å².